The van der Waals surface area contributed by atoms with Gasteiger partial charge in [0.2, 0.25) is 0 Å². The molecular formula is C20H34N4. The first-order valence-corrected chi connectivity index (χ1v) is 10.2. The number of H-pyrrole nitrogens is 1. The SMILES string of the molecule is Cc1cnc(CN2CC[C@@]3(CCCN(CC4CCCCC4)C3)C2)[nH]1. The fourth-order valence-corrected chi connectivity index (χ4v) is 5.46. The molecule has 1 saturated carbocycles. The van der Waals surface area contributed by atoms with Crippen molar-refractivity contribution in [2.75, 3.05) is 32.7 Å². The first-order valence-electron chi connectivity index (χ1n) is 10.2. The van der Waals surface area contributed by atoms with E-state index in [4.69, 9.17) is 0 Å². The molecule has 3 aliphatic rings. The Balaban J connectivity index is 1.31. The van der Waals surface area contributed by atoms with Crippen molar-refractivity contribution in [2.24, 2.45) is 11.3 Å². The number of nitrogens with zero attached hydrogens (tertiary/aromatic N) is 3. The van der Waals surface area contributed by atoms with E-state index in [9.17, 15) is 0 Å². The van der Waals surface area contributed by atoms with Gasteiger partial charge in [0.05, 0.1) is 6.54 Å². The van der Waals surface area contributed by atoms with E-state index in [0.717, 1.165) is 18.3 Å². The van der Waals surface area contributed by atoms with Crippen molar-refractivity contribution in [3.8, 4) is 0 Å². The maximum Gasteiger partial charge on any atom is 0.120 e. The minimum Gasteiger partial charge on any atom is -0.345 e. The number of hydrogen-bond donors (Lipinski definition) is 1. The van der Waals surface area contributed by atoms with Crippen LogP contribution < -0.4 is 0 Å². The number of likely N-dealkylation sites (tertiary alicyclic amines) is 2. The third-order valence-corrected chi connectivity index (χ3v) is 6.63. The lowest BCUT2D eigenvalue weighted by Gasteiger charge is -2.42. The monoisotopic (exact) mass is 330 g/mol. The topological polar surface area (TPSA) is 35.2 Å². The van der Waals surface area contributed by atoms with Crippen LogP contribution in [0.5, 0.6) is 0 Å². The van der Waals surface area contributed by atoms with Gasteiger partial charge in [-0.25, -0.2) is 4.98 Å². The summed E-state index contributed by atoms with van der Waals surface area (Å²) in [7, 11) is 0. The first kappa shape index (κ1) is 16.6. The molecule has 1 aromatic rings. The second-order valence-electron chi connectivity index (χ2n) is 8.82. The largest absolute Gasteiger partial charge is 0.345 e. The summed E-state index contributed by atoms with van der Waals surface area (Å²) in [6.45, 7) is 9.67. The Labute approximate surface area is 147 Å². The Bertz CT molecular complexity index is 533. The second-order valence-corrected chi connectivity index (χ2v) is 8.82. The van der Waals surface area contributed by atoms with E-state index in [0.29, 0.717) is 5.41 Å². The molecule has 2 saturated heterocycles. The number of aryl methyl sites for hydroxylation is 1. The van der Waals surface area contributed by atoms with E-state index in [1.165, 1.54) is 89.8 Å². The maximum atomic E-state index is 4.50. The van der Waals surface area contributed by atoms with Gasteiger partial charge in [0, 0.05) is 31.5 Å². The van der Waals surface area contributed by atoms with Crippen molar-refractivity contribution >= 4 is 0 Å². The average Bonchev–Trinajstić information content (AvgIpc) is 3.15. The highest BCUT2D eigenvalue weighted by molar-refractivity contribution is 5.01. The van der Waals surface area contributed by atoms with E-state index >= 15 is 0 Å². The highest BCUT2D eigenvalue weighted by atomic mass is 15.2. The Kier molecular flexibility index (Phi) is 4.95. The van der Waals surface area contributed by atoms with Gasteiger partial charge in [0.1, 0.15) is 5.82 Å². The van der Waals surface area contributed by atoms with Crippen molar-refractivity contribution < 1.29 is 0 Å². The Morgan fingerprint density at radius 3 is 2.71 bits per heavy atom. The van der Waals surface area contributed by atoms with Gasteiger partial charge in [-0.2, -0.15) is 0 Å². The molecular weight excluding hydrogens is 296 g/mol. The molecule has 0 unspecified atom stereocenters. The minimum absolute atomic E-state index is 0.564. The Hall–Kier alpha value is -0.870. The van der Waals surface area contributed by atoms with Gasteiger partial charge in [-0.05, 0) is 63.5 Å². The summed E-state index contributed by atoms with van der Waals surface area (Å²) >= 11 is 0. The number of piperidine rings is 1. The molecule has 24 heavy (non-hydrogen) atoms. The Morgan fingerprint density at radius 1 is 1.08 bits per heavy atom. The first-order chi connectivity index (χ1) is 11.7. The zero-order valence-corrected chi connectivity index (χ0v) is 15.4. The van der Waals surface area contributed by atoms with Gasteiger partial charge in [0.15, 0.2) is 0 Å². The number of rotatable bonds is 4. The minimum atomic E-state index is 0.564. The van der Waals surface area contributed by atoms with Crippen molar-refractivity contribution in [3.05, 3.63) is 17.7 Å². The van der Waals surface area contributed by atoms with E-state index in [-0.39, 0.29) is 0 Å². The molecule has 3 heterocycles. The molecule has 3 fully saturated rings. The number of nitrogens with one attached hydrogen (secondary N) is 1. The third kappa shape index (κ3) is 3.85. The smallest absolute Gasteiger partial charge is 0.120 e. The number of aromatic nitrogens is 2. The van der Waals surface area contributed by atoms with Crippen LogP contribution in [0.2, 0.25) is 0 Å². The fraction of sp³-hybridized carbons (Fsp3) is 0.850. The number of imidazole rings is 1. The van der Waals surface area contributed by atoms with E-state index in [1.54, 1.807) is 0 Å². The second kappa shape index (κ2) is 7.17. The van der Waals surface area contributed by atoms with Gasteiger partial charge < -0.3 is 9.88 Å². The Morgan fingerprint density at radius 2 is 1.92 bits per heavy atom. The summed E-state index contributed by atoms with van der Waals surface area (Å²) in [6, 6.07) is 0. The molecule has 134 valence electrons. The molecule has 1 spiro atoms. The van der Waals surface area contributed by atoms with Crippen LogP contribution in [0.15, 0.2) is 6.20 Å². The average molecular weight is 331 g/mol. The lowest BCUT2D eigenvalue weighted by atomic mass is 9.78. The van der Waals surface area contributed by atoms with Crippen LogP contribution >= 0.6 is 0 Å². The molecule has 1 N–H and O–H groups in total. The zero-order valence-electron chi connectivity index (χ0n) is 15.4. The predicted octanol–water partition coefficient (Wildman–Crippen LogP) is 3.59. The lowest BCUT2D eigenvalue weighted by Crippen LogP contribution is -2.46. The lowest BCUT2D eigenvalue weighted by molar-refractivity contribution is 0.0735. The predicted molar refractivity (Wildman–Crippen MR) is 97.9 cm³/mol. The van der Waals surface area contributed by atoms with Gasteiger partial charge in [-0.15, -0.1) is 0 Å². The summed E-state index contributed by atoms with van der Waals surface area (Å²) in [5, 5.41) is 0. The number of hydrogen-bond acceptors (Lipinski definition) is 3. The van der Waals surface area contributed by atoms with Crippen molar-refractivity contribution in [3.63, 3.8) is 0 Å². The molecule has 0 radical (unpaired) electrons. The van der Waals surface area contributed by atoms with Crippen LogP contribution in [-0.2, 0) is 6.54 Å². The number of aromatic amines is 1. The molecule has 1 aromatic heterocycles. The summed E-state index contributed by atoms with van der Waals surface area (Å²) < 4.78 is 0. The van der Waals surface area contributed by atoms with Crippen LogP contribution in [-0.4, -0.2) is 52.5 Å². The van der Waals surface area contributed by atoms with Crippen LogP contribution in [0.1, 0.15) is 62.9 Å². The van der Waals surface area contributed by atoms with E-state index < -0.39 is 0 Å². The van der Waals surface area contributed by atoms with Crippen LogP contribution in [0, 0.1) is 18.3 Å². The molecule has 4 nitrogen and oxygen atoms in total. The molecule has 0 bridgehead atoms. The van der Waals surface area contributed by atoms with Crippen molar-refractivity contribution in [1.29, 1.82) is 0 Å². The normalized spacial score (nSPS) is 30.4. The van der Waals surface area contributed by atoms with Gasteiger partial charge in [0.25, 0.3) is 0 Å². The molecule has 2 aliphatic heterocycles. The standard InChI is InChI=1S/C20H34N4/c1-17-12-21-19(22-17)14-24-11-9-20(16-24)8-5-10-23(15-20)13-18-6-3-2-4-7-18/h12,18H,2-11,13-16H2,1H3,(H,21,22)/t20-/m1/s1. The third-order valence-electron chi connectivity index (χ3n) is 6.63. The van der Waals surface area contributed by atoms with E-state index in [1.807, 2.05) is 6.20 Å². The van der Waals surface area contributed by atoms with Crippen molar-refractivity contribution in [1.82, 2.24) is 19.8 Å². The van der Waals surface area contributed by atoms with Gasteiger partial charge >= 0.3 is 0 Å². The fourth-order valence-electron chi connectivity index (χ4n) is 5.46. The van der Waals surface area contributed by atoms with Gasteiger partial charge in [-0.1, -0.05) is 19.3 Å². The zero-order chi connectivity index (χ0) is 16.4. The maximum absolute atomic E-state index is 4.50. The molecule has 1 aliphatic carbocycles. The summed E-state index contributed by atoms with van der Waals surface area (Å²) in [6.07, 6.45) is 13.5. The molecule has 1 atom stereocenters. The molecule has 0 amide bonds. The summed E-state index contributed by atoms with van der Waals surface area (Å²) in [5.41, 5.74) is 1.74. The van der Waals surface area contributed by atoms with Gasteiger partial charge in [-0.3, -0.25) is 4.90 Å². The highest BCUT2D eigenvalue weighted by Gasteiger charge is 2.41. The molecule has 4 heteroatoms. The van der Waals surface area contributed by atoms with Crippen molar-refractivity contribution in [2.45, 2.75) is 64.8 Å². The molecule has 4 rings (SSSR count). The molecule has 0 aromatic carbocycles. The highest BCUT2D eigenvalue weighted by Crippen LogP contribution is 2.40. The summed E-state index contributed by atoms with van der Waals surface area (Å²) in [4.78, 5) is 13.3. The van der Waals surface area contributed by atoms with Crippen LogP contribution in [0.4, 0.5) is 0 Å². The van der Waals surface area contributed by atoms with E-state index in [2.05, 4.69) is 26.7 Å². The summed E-state index contributed by atoms with van der Waals surface area (Å²) in [5.74, 6) is 2.12. The van der Waals surface area contributed by atoms with Crippen LogP contribution in [0.3, 0.4) is 0 Å². The quantitative estimate of drug-likeness (QED) is 0.916. The van der Waals surface area contributed by atoms with Crippen LogP contribution in [0.25, 0.3) is 0 Å².